The van der Waals surface area contributed by atoms with Gasteiger partial charge in [0.15, 0.2) is 0 Å². The molecular formula is C15H25NO3. The normalized spacial score (nSPS) is 14.1. The maximum atomic E-state index is 10.1. The van der Waals surface area contributed by atoms with Crippen molar-refractivity contribution < 1.29 is 14.6 Å². The van der Waals surface area contributed by atoms with E-state index in [2.05, 4.69) is 17.4 Å². The minimum Gasteiger partial charge on any atom is -0.497 e. The van der Waals surface area contributed by atoms with Crippen LogP contribution in [0.5, 0.6) is 5.75 Å². The van der Waals surface area contributed by atoms with Crippen LogP contribution in [-0.4, -0.2) is 44.6 Å². The molecular weight excluding hydrogens is 242 g/mol. The fourth-order valence-electron chi connectivity index (χ4n) is 1.79. The Bertz CT molecular complexity index is 349. The predicted octanol–water partition coefficient (Wildman–Crippen LogP) is 1.61. The highest BCUT2D eigenvalue weighted by Crippen LogP contribution is 2.11. The molecule has 0 heterocycles. The quantitative estimate of drug-likeness (QED) is 0.668. The molecule has 0 aliphatic heterocycles. The van der Waals surface area contributed by atoms with Gasteiger partial charge in [-0.15, -0.1) is 0 Å². The van der Waals surface area contributed by atoms with E-state index in [0.717, 1.165) is 18.7 Å². The number of methoxy groups -OCH3 is 2. The lowest BCUT2D eigenvalue weighted by Gasteiger charge is -2.23. The van der Waals surface area contributed by atoms with Crippen LogP contribution in [0.4, 0.5) is 0 Å². The molecule has 108 valence electrons. The van der Waals surface area contributed by atoms with Crippen LogP contribution in [0, 0.1) is 0 Å². The number of hydrogen-bond donors (Lipinski definition) is 2. The monoisotopic (exact) mass is 267 g/mol. The maximum absolute atomic E-state index is 10.1. The number of rotatable bonds is 9. The lowest BCUT2D eigenvalue weighted by Crippen LogP contribution is -2.39. The van der Waals surface area contributed by atoms with Crippen LogP contribution < -0.4 is 10.1 Å². The number of nitrogens with one attached hydrogen (secondary N) is 1. The van der Waals surface area contributed by atoms with E-state index in [9.17, 15) is 5.11 Å². The summed E-state index contributed by atoms with van der Waals surface area (Å²) in [6.45, 7) is 3.82. The topological polar surface area (TPSA) is 50.7 Å². The molecule has 1 atom stereocenters. The summed E-state index contributed by atoms with van der Waals surface area (Å²) < 4.78 is 10.1. The van der Waals surface area contributed by atoms with Crippen molar-refractivity contribution in [3.63, 3.8) is 0 Å². The van der Waals surface area contributed by atoms with Crippen LogP contribution in [-0.2, 0) is 11.2 Å². The van der Waals surface area contributed by atoms with Crippen LogP contribution in [0.3, 0.4) is 0 Å². The zero-order chi connectivity index (χ0) is 14.1. The van der Waals surface area contributed by atoms with Gasteiger partial charge in [0.05, 0.1) is 12.7 Å². The molecule has 0 aliphatic carbocycles. The summed E-state index contributed by atoms with van der Waals surface area (Å²) in [7, 11) is 3.31. The van der Waals surface area contributed by atoms with E-state index in [-0.39, 0.29) is 0 Å². The molecule has 1 unspecified atom stereocenters. The van der Waals surface area contributed by atoms with E-state index >= 15 is 0 Å². The molecule has 4 nitrogen and oxygen atoms in total. The van der Waals surface area contributed by atoms with Gasteiger partial charge in [0.25, 0.3) is 0 Å². The molecule has 0 spiro atoms. The van der Waals surface area contributed by atoms with Gasteiger partial charge < -0.3 is 19.9 Å². The highest BCUT2D eigenvalue weighted by atomic mass is 16.5. The van der Waals surface area contributed by atoms with Crippen LogP contribution in [0.2, 0.25) is 0 Å². The molecule has 0 saturated heterocycles. The molecule has 0 aliphatic rings. The minimum atomic E-state index is -0.712. The van der Waals surface area contributed by atoms with Crippen molar-refractivity contribution >= 4 is 0 Å². The zero-order valence-corrected chi connectivity index (χ0v) is 12.1. The first-order valence-corrected chi connectivity index (χ1v) is 6.62. The van der Waals surface area contributed by atoms with Gasteiger partial charge in [0.2, 0.25) is 0 Å². The third kappa shape index (κ3) is 6.57. The second kappa shape index (κ2) is 8.15. The first-order valence-electron chi connectivity index (χ1n) is 6.62. The Balaban J connectivity index is 2.22. The molecule has 0 bridgehead atoms. The molecule has 0 saturated carbocycles. The standard InChI is InChI=1S/C15H25NO3/c1-15(17,9-11-18-2)12-16-10-8-13-4-6-14(19-3)7-5-13/h4-7,16-17H,8-12H2,1-3H3. The molecule has 0 radical (unpaired) electrons. The Labute approximate surface area is 115 Å². The Kier molecular flexibility index (Phi) is 6.84. The van der Waals surface area contributed by atoms with Crippen molar-refractivity contribution in [2.75, 3.05) is 33.9 Å². The predicted molar refractivity (Wildman–Crippen MR) is 76.7 cm³/mol. The second-order valence-electron chi connectivity index (χ2n) is 5.01. The van der Waals surface area contributed by atoms with Gasteiger partial charge in [-0.2, -0.15) is 0 Å². The van der Waals surface area contributed by atoms with Crippen molar-refractivity contribution in [3.8, 4) is 5.75 Å². The van der Waals surface area contributed by atoms with Crippen molar-refractivity contribution in [1.82, 2.24) is 5.32 Å². The molecule has 19 heavy (non-hydrogen) atoms. The average Bonchev–Trinajstić information content (AvgIpc) is 2.42. The van der Waals surface area contributed by atoms with Crippen molar-refractivity contribution in [1.29, 1.82) is 0 Å². The average molecular weight is 267 g/mol. The maximum Gasteiger partial charge on any atom is 0.118 e. The van der Waals surface area contributed by atoms with Gasteiger partial charge in [0.1, 0.15) is 5.75 Å². The fraction of sp³-hybridized carbons (Fsp3) is 0.600. The summed E-state index contributed by atoms with van der Waals surface area (Å²) in [6.07, 6.45) is 1.57. The van der Waals surface area contributed by atoms with Gasteiger partial charge >= 0.3 is 0 Å². The van der Waals surface area contributed by atoms with Gasteiger partial charge in [-0.05, 0) is 37.6 Å². The van der Waals surface area contributed by atoms with E-state index in [0.29, 0.717) is 19.6 Å². The van der Waals surface area contributed by atoms with Crippen molar-refractivity contribution in [2.24, 2.45) is 0 Å². The van der Waals surface area contributed by atoms with Crippen LogP contribution in [0.25, 0.3) is 0 Å². The van der Waals surface area contributed by atoms with Crippen molar-refractivity contribution in [2.45, 2.75) is 25.4 Å². The van der Waals surface area contributed by atoms with Crippen LogP contribution in [0.1, 0.15) is 18.9 Å². The van der Waals surface area contributed by atoms with Gasteiger partial charge in [-0.1, -0.05) is 12.1 Å². The highest BCUT2D eigenvalue weighted by Gasteiger charge is 2.18. The third-order valence-electron chi connectivity index (χ3n) is 3.10. The molecule has 1 aromatic carbocycles. The highest BCUT2D eigenvalue weighted by molar-refractivity contribution is 5.27. The molecule has 0 aromatic heterocycles. The largest absolute Gasteiger partial charge is 0.497 e. The van der Waals surface area contributed by atoms with E-state index in [1.165, 1.54) is 5.56 Å². The molecule has 1 rings (SSSR count). The summed E-state index contributed by atoms with van der Waals surface area (Å²) >= 11 is 0. The molecule has 0 amide bonds. The third-order valence-corrected chi connectivity index (χ3v) is 3.10. The number of hydrogen-bond acceptors (Lipinski definition) is 4. The Morgan fingerprint density at radius 1 is 1.21 bits per heavy atom. The zero-order valence-electron chi connectivity index (χ0n) is 12.1. The lowest BCUT2D eigenvalue weighted by atomic mass is 10.0. The van der Waals surface area contributed by atoms with Gasteiger partial charge in [0, 0.05) is 26.7 Å². The summed E-state index contributed by atoms with van der Waals surface area (Å²) in [5, 5.41) is 13.3. The first-order chi connectivity index (χ1) is 9.07. The van der Waals surface area contributed by atoms with E-state index in [1.54, 1.807) is 14.2 Å². The summed E-state index contributed by atoms with van der Waals surface area (Å²) in [4.78, 5) is 0. The Morgan fingerprint density at radius 3 is 2.47 bits per heavy atom. The molecule has 1 aromatic rings. The Hall–Kier alpha value is -1.10. The first kappa shape index (κ1) is 16.0. The Morgan fingerprint density at radius 2 is 1.89 bits per heavy atom. The van der Waals surface area contributed by atoms with Crippen molar-refractivity contribution in [3.05, 3.63) is 29.8 Å². The second-order valence-corrected chi connectivity index (χ2v) is 5.01. The summed E-state index contributed by atoms with van der Waals surface area (Å²) in [5.74, 6) is 0.874. The van der Waals surface area contributed by atoms with E-state index in [4.69, 9.17) is 9.47 Å². The minimum absolute atomic E-state index is 0.576. The van der Waals surface area contributed by atoms with Gasteiger partial charge in [-0.3, -0.25) is 0 Å². The number of benzene rings is 1. The van der Waals surface area contributed by atoms with E-state index in [1.807, 2.05) is 19.1 Å². The lowest BCUT2D eigenvalue weighted by molar-refractivity contribution is 0.0252. The summed E-state index contributed by atoms with van der Waals surface area (Å²) in [5.41, 5.74) is 0.542. The number of aliphatic hydroxyl groups is 1. The van der Waals surface area contributed by atoms with Crippen LogP contribution >= 0.6 is 0 Å². The van der Waals surface area contributed by atoms with E-state index < -0.39 is 5.60 Å². The smallest absolute Gasteiger partial charge is 0.118 e. The molecule has 2 N–H and O–H groups in total. The molecule has 4 heteroatoms. The summed E-state index contributed by atoms with van der Waals surface area (Å²) in [6, 6.07) is 8.04. The fourth-order valence-corrected chi connectivity index (χ4v) is 1.79. The SMILES string of the molecule is COCCC(C)(O)CNCCc1ccc(OC)cc1. The molecule has 0 fully saturated rings. The van der Waals surface area contributed by atoms with Crippen LogP contribution in [0.15, 0.2) is 24.3 Å². The number of ether oxygens (including phenoxy) is 2. The van der Waals surface area contributed by atoms with Gasteiger partial charge in [-0.25, -0.2) is 0 Å².